The Bertz CT molecular complexity index is 295. The van der Waals surface area contributed by atoms with Crippen molar-refractivity contribution in [3.05, 3.63) is 0 Å². The summed E-state index contributed by atoms with van der Waals surface area (Å²) in [4.78, 5) is 0. The Labute approximate surface area is 87.7 Å². The van der Waals surface area contributed by atoms with Gasteiger partial charge in [0, 0.05) is 0 Å². The Morgan fingerprint density at radius 2 is 0.882 bits per heavy atom. The van der Waals surface area contributed by atoms with E-state index in [1.165, 1.54) is 0 Å². The standard InChI is InChI=1S/C5F10NP/c6-2(7,8)4(12,13)17(1-16)5(14,15)3(9,10)11. The van der Waals surface area contributed by atoms with E-state index in [1.807, 2.05) is 0 Å². The van der Waals surface area contributed by atoms with Crippen molar-refractivity contribution in [1.29, 1.82) is 5.26 Å². The van der Waals surface area contributed by atoms with Gasteiger partial charge in [-0.05, 0) is 0 Å². The molecule has 0 aromatic rings. The quantitative estimate of drug-likeness (QED) is 0.551. The monoisotopic (exact) mass is 295 g/mol. The number of halogens is 10. The number of hydrogen-bond acceptors (Lipinski definition) is 1. The van der Waals surface area contributed by atoms with E-state index in [0.29, 0.717) is 0 Å². The zero-order chi connectivity index (χ0) is 14.3. The molecule has 0 aromatic carbocycles. The van der Waals surface area contributed by atoms with Crippen molar-refractivity contribution in [2.45, 2.75) is 23.7 Å². The van der Waals surface area contributed by atoms with Gasteiger partial charge in [-0.1, -0.05) is 0 Å². The summed E-state index contributed by atoms with van der Waals surface area (Å²) >= 11 is 0. The Hall–Kier alpha value is -0.780. The van der Waals surface area contributed by atoms with Crippen LogP contribution in [0.3, 0.4) is 0 Å². The van der Waals surface area contributed by atoms with E-state index in [9.17, 15) is 43.9 Å². The molecule has 0 heterocycles. The van der Waals surface area contributed by atoms with E-state index < -0.39 is 31.6 Å². The van der Waals surface area contributed by atoms with Crippen molar-refractivity contribution in [3.63, 3.8) is 0 Å². The van der Waals surface area contributed by atoms with Gasteiger partial charge >= 0.3 is 23.7 Å². The maximum atomic E-state index is 12.3. The summed E-state index contributed by atoms with van der Waals surface area (Å²) in [6.45, 7) is 0. The average Bonchev–Trinajstić information content (AvgIpc) is 1.99. The molecule has 0 aromatic heterocycles. The third-order valence-electron chi connectivity index (χ3n) is 1.34. The van der Waals surface area contributed by atoms with Crippen LogP contribution >= 0.6 is 7.92 Å². The number of rotatable bonds is 2. The van der Waals surface area contributed by atoms with Crippen LogP contribution in [0.25, 0.3) is 0 Å². The van der Waals surface area contributed by atoms with Crippen molar-refractivity contribution in [2.75, 3.05) is 0 Å². The van der Waals surface area contributed by atoms with Crippen molar-refractivity contribution >= 4 is 7.92 Å². The summed E-state index contributed by atoms with van der Waals surface area (Å²) in [6, 6.07) is 0. The second-order valence-corrected chi connectivity index (χ2v) is 4.51. The highest BCUT2D eigenvalue weighted by molar-refractivity contribution is 7.65. The van der Waals surface area contributed by atoms with Crippen LogP contribution in [-0.4, -0.2) is 23.7 Å². The predicted octanol–water partition coefficient (Wildman–Crippen LogP) is 4.26. The van der Waals surface area contributed by atoms with Crippen molar-refractivity contribution in [3.8, 4) is 5.81 Å². The highest BCUT2D eigenvalue weighted by Crippen LogP contribution is 2.70. The molecule has 0 atom stereocenters. The second-order valence-electron chi connectivity index (χ2n) is 2.51. The normalized spacial score (nSPS) is 14.9. The Morgan fingerprint density at radius 3 is 1.00 bits per heavy atom. The summed E-state index contributed by atoms with van der Waals surface area (Å²) in [6.07, 6.45) is -13.3. The first-order valence-corrected chi connectivity index (χ1v) is 4.63. The molecule has 0 aliphatic carbocycles. The Balaban J connectivity index is 5.63. The lowest BCUT2D eigenvalue weighted by molar-refractivity contribution is -0.261. The minimum atomic E-state index is -6.66. The molecular weight excluding hydrogens is 295 g/mol. The number of alkyl halides is 10. The second kappa shape index (κ2) is 4.15. The maximum Gasteiger partial charge on any atom is 0.458 e. The SMILES string of the molecule is N#CP(C(F)(F)C(F)(F)F)C(F)(F)C(F)(F)F. The van der Waals surface area contributed by atoms with Gasteiger partial charge in [0.15, 0.2) is 7.92 Å². The van der Waals surface area contributed by atoms with Crippen LogP contribution in [0.1, 0.15) is 0 Å². The van der Waals surface area contributed by atoms with Crippen LogP contribution in [0, 0.1) is 11.1 Å². The van der Waals surface area contributed by atoms with Crippen LogP contribution in [0.15, 0.2) is 0 Å². The van der Waals surface area contributed by atoms with Crippen LogP contribution in [0.4, 0.5) is 43.9 Å². The third-order valence-corrected chi connectivity index (χ3v) is 3.17. The molecule has 100 valence electrons. The molecule has 0 bridgehead atoms. The lowest BCUT2D eigenvalue weighted by Gasteiger charge is -2.30. The molecular formula is C5F10NP. The smallest absolute Gasteiger partial charge is 0.193 e. The lowest BCUT2D eigenvalue weighted by atomic mass is 10.7. The predicted molar refractivity (Wildman–Crippen MR) is 34.5 cm³/mol. The minimum absolute atomic E-state index is 0.279. The molecule has 12 heteroatoms. The van der Waals surface area contributed by atoms with Crippen LogP contribution < -0.4 is 0 Å². The molecule has 0 spiro atoms. The highest BCUT2D eigenvalue weighted by atomic mass is 31.1. The zero-order valence-electron chi connectivity index (χ0n) is 7.17. The van der Waals surface area contributed by atoms with Gasteiger partial charge in [-0.3, -0.25) is 0 Å². The molecule has 0 N–H and O–H groups in total. The molecule has 0 saturated carbocycles. The topological polar surface area (TPSA) is 23.8 Å². The first kappa shape index (κ1) is 16.2. The van der Waals surface area contributed by atoms with Gasteiger partial charge in [0.2, 0.25) is 0 Å². The number of nitriles is 1. The summed E-state index contributed by atoms with van der Waals surface area (Å²) in [5.41, 5.74) is -12.8. The highest BCUT2D eigenvalue weighted by Gasteiger charge is 2.76. The minimum Gasteiger partial charge on any atom is -0.193 e. The van der Waals surface area contributed by atoms with Gasteiger partial charge in [-0.15, -0.1) is 0 Å². The van der Waals surface area contributed by atoms with Gasteiger partial charge < -0.3 is 0 Å². The summed E-state index contributed by atoms with van der Waals surface area (Å²) in [5, 5.41) is 7.74. The third kappa shape index (κ3) is 2.73. The molecule has 0 unspecified atom stereocenters. The average molecular weight is 295 g/mol. The van der Waals surface area contributed by atoms with Gasteiger partial charge in [0.25, 0.3) is 0 Å². The van der Waals surface area contributed by atoms with E-state index in [4.69, 9.17) is 5.26 Å². The van der Waals surface area contributed by atoms with Crippen molar-refractivity contribution < 1.29 is 43.9 Å². The molecule has 0 aliphatic heterocycles. The Morgan fingerprint density at radius 1 is 0.647 bits per heavy atom. The number of nitrogens with zero attached hydrogens (tertiary/aromatic N) is 1. The fourth-order valence-electron chi connectivity index (χ4n) is 0.555. The van der Waals surface area contributed by atoms with Crippen molar-refractivity contribution in [2.24, 2.45) is 0 Å². The number of hydrogen-bond donors (Lipinski definition) is 0. The molecule has 0 rings (SSSR count). The lowest BCUT2D eigenvalue weighted by Crippen LogP contribution is -2.44. The van der Waals surface area contributed by atoms with Crippen molar-refractivity contribution in [1.82, 2.24) is 0 Å². The van der Waals surface area contributed by atoms with Gasteiger partial charge in [0.1, 0.15) is 5.81 Å². The molecule has 0 saturated heterocycles. The molecule has 0 radical (unpaired) electrons. The molecule has 0 amide bonds. The van der Waals surface area contributed by atoms with Gasteiger partial charge in [-0.2, -0.15) is 49.2 Å². The molecule has 17 heavy (non-hydrogen) atoms. The molecule has 0 fully saturated rings. The van der Waals surface area contributed by atoms with E-state index in [-0.39, 0.29) is 5.81 Å². The van der Waals surface area contributed by atoms with E-state index in [0.717, 1.165) is 0 Å². The largest absolute Gasteiger partial charge is 0.458 e. The van der Waals surface area contributed by atoms with E-state index in [1.54, 1.807) is 0 Å². The molecule has 0 aliphatic rings. The summed E-state index contributed by atoms with van der Waals surface area (Å²) < 4.78 is 119. The van der Waals surface area contributed by atoms with Crippen LogP contribution in [-0.2, 0) is 0 Å². The van der Waals surface area contributed by atoms with Crippen LogP contribution in [0.2, 0.25) is 0 Å². The first-order chi connectivity index (χ1) is 7.19. The van der Waals surface area contributed by atoms with E-state index >= 15 is 0 Å². The molecule has 1 nitrogen and oxygen atoms in total. The fraction of sp³-hybridized carbons (Fsp3) is 0.800. The maximum absolute atomic E-state index is 12.3. The Kier molecular flexibility index (Phi) is 3.96. The first-order valence-electron chi connectivity index (χ1n) is 3.28. The zero-order valence-corrected chi connectivity index (χ0v) is 8.07. The van der Waals surface area contributed by atoms with E-state index in [2.05, 4.69) is 0 Å². The fourth-order valence-corrected chi connectivity index (χ4v) is 1.67. The van der Waals surface area contributed by atoms with Crippen LogP contribution in [0.5, 0.6) is 0 Å². The van der Waals surface area contributed by atoms with Gasteiger partial charge in [-0.25, -0.2) is 0 Å². The summed E-state index contributed by atoms with van der Waals surface area (Å²) in [7, 11) is -5.63. The van der Waals surface area contributed by atoms with Gasteiger partial charge in [0.05, 0.1) is 0 Å². The summed E-state index contributed by atoms with van der Waals surface area (Å²) in [5.74, 6) is -0.279.